The first kappa shape index (κ1) is 24.4. The molecule has 9 heteroatoms. The first-order valence-electron chi connectivity index (χ1n) is 11.0. The smallest absolute Gasteiger partial charge is 0.313 e. The number of benzene rings is 1. The Balaban J connectivity index is 1.87. The van der Waals surface area contributed by atoms with E-state index in [-0.39, 0.29) is 16.6 Å². The van der Waals surface area contributed by atoms with Crippen LogP contribution in [-0.4, -0.2) is 37.2 Å². The highest BCUT2D eigenvalue weighted by molar-refractivity contribution is 6.74. The summed E-state index contributed by atoms with van der Waals surface area (Å²) in [4.78, 5) is 13.2. The third kappa shape index (κ3) is 4.88. The number of hydrogen-bond donors (Lipinski definition) is 2. The zero-order valence-corrected chi connectivity index (χ0v) is 21.0. The molecule has 2 aromatic rings. The molecule has 0 saturated heterocycles. The van der Waals surface area contributed by atoms with Crippen LogP contribution in [0.5, 0.6) is 0 Å². The maximum Gasteiger partial charge on any atom is 0.313 e. The highest BCUT2D eigenvalue weighted by Gasteiger charge is 2.46. The van der Waals surface area contributed by atoms with Gasteiger partial charge in [0.05, 0.1) is 12.6 Å². The van der Waals surface area contributed by atoms with Gasteiger partial charge >= 0.3 is 5.92 Å². The molecule has 1 atom stereocenters. The van der Waals surface area contributed by atoms with Crippen LogP contribution in [0.4, 0.5) is 14.6 Å². The summed E-state index contributed by atoms with van der Waals surface area (Å²) in [5.41, 5.74) is 1.36. The number of fused-ring (bicyclic) bond motifs is 1. The van der Waals surface area contributed by atoms with Gasteiger partial charge in [-0.2, -0.15) is 13.9 Å². The second-order valence-corrected chi connectivity index (χ2v) is 14.9. The Hall–Kier alpha value is -2.26. The van der Waals surface area contributed by atoms with Crippen molar-refractivity contribution in [1.29, 1.82) is 0 Å². The van der Waals surface area contributed by atoms with Crippen LogP contribution in [0, 0.1) is 6.92 Å². The molecule has 2 heterocycles. The number of alkyl halides is 2. The van der Waals surface area contributed by atoms with Crippen LogP contribution in [-0.2, 0) is 16.9 Å². The molecular formula is C23H34F2N4O2Si. The van der Waals surface area contributed by atoms with E-state index in [2.05, 4.69) is 15.7 Å². The Bertz CT molecular complexity index is 981. The molecule has 1 aliphatic heterocycles. The van der Waals surface area contributed by atoms with Crippen LogP contribution in [0.1, 0.15) is 60.9 Å². The number of halogens is 2. The zero-order chi connectivity index (χ0) is 23.9. The lowest BCUT2D eigenvalue weighted by Crippen LogP contribution is -2.43. The summed E-state index contributed by atoms with van der Waals surface area (Å²) in [7, 11) is -2.40. The molecule has 2 N–H and O–H groups in total. The molecule has 0 fully saturated rings. The predicted molar refractivity (Wildman–Crippen MR) is 125 cm³/mol. The van der Waals surface area contributed by atoms with Gasteiger partial charge in [0.1, 0.15) is 23.7 Å². The third-order valence-electron chi connectivity index (χ3n) is 6.49. The van der Waals surface area contributed by atoms with Crippen LogP contribution in [0.25, 0.3) is 0 Å². The lowest BCUT2D eigenvalue weighted by Gasteiger charge is -2.37. The van der Waals surface area contributed by atoms with Crippen molar-refractivity contribution in [3.8, 4) is 0 Å². The maximum absolute atomic E-state index is 15.4. The van der Waals surface area contributed by atoms with E-state index < -0.39 is 32.4 Å². The van der Waals surface area contributed by atoms with Crippen LogP contribution >= 0.6 is 0 Å². The second-order valence-electron chi connectivity index (χ2n) is 10.1. The molecule has 0 aliphatic carbocycles. The normalized spacial score (nSPS) is 15.3. The second kappa shape index (κ2) is 8.59. The van der Waals surface area contributed by atoms with Crippen molar-refractivity contribution in [2.24, 2.45) is 0 Å². The van der Waals surface area contributed by atoms with Gasteiger partial charge in [0, 0.05) is 6.54 Å². The largest absolute Gasteiger partial charge is 0.410 e. The first-order valence-corrected chi connectivity index (χ1v) is 13.9. The summed E-state index contributed by atoms with van der Waals surface area (Å²) >= 11 is 0. The summed E-state index contributed by atoms with van der Waals surface area (Å²) < 4.78 is 38.0. The Morgan fingerprint density at radius 3 is 2.50 bits per heavy atom. The molecule has 0 radical (unpaired) electrons. The fourth-order valence-electron chi connectivity index (χ4n) is 3.32. The number of amides is 1. The monoisotopic (exact) mass is 464 g/mol. The molecule has 32 heavy (non-hydrogen) atoms. The maximum atomic E-state index is 15.4. The van der Waals surface area contributed by atoms with Gasteiger partial charge in [0.25, 0.3) is 5.91 Å². The van der Waals surface area contributed by atoms with Gasteiger partial charge in [-0.05, 0) is 37.5 Å². The molecule has 0 saturated carbocycles. The average molecular weight is 465 g/mol. The van der Waals surface area contributed by atoms with Crippen LogP contribution in [0.3, 0.4) is 0 Å². The summed E-state index contributed by atoms with van der Waals surface area (Å²) in [5.74, 6) is -3.63. The molecule has 0 bridgehead atoms. The molecule has 0 unspecified atom stereocenters. The Kier molecular flexibility index (Phi) is 6.54. The van der Waals surface area contributed by atoms with Gasteiger partial charge in [0.15, 0.2) is 8.32 Å². The molecule has 3 rings (SSSR count). The number of aromatic nitrogens is 2. The van der Waals surface area contributed by atoms with Gasteiger partial charge < -0.3 is 15.1 Å². The van der Waals surface area contributed by atoms with Crippen molar-refractivity contribution in [2.75, 3.05) is 18.5 Å². The topological polar surface area (TPSA) is 68.2 Å². The Labute approximate surface area is 189 Å². The number of nitrogens with one attached hydrogen (secondary N) is 2. The molecular weight excluding hydrogens is 430 g/mol. The van der Waals surface area contributed by atoms with Gasteiger partial charge in [-0.25, -0.2) is 4.68 Å². The lowest BCUT2D eigenvalue weighted by atomic mass is 10.1. The highest BCUT2D eigenvalue weighted by Crippen LogP contribution is 2.40. The molecule has 176 valence electrons. The number of hydrogen-bond acceptors (Lipinski definition) is 4. The minimum Gasteiger partial charge on any atom is -0.410 e. The molecule has 6 nitrogen and oxygen atoms in total. The SMILES string of the molecule is Cc1ccc([C@H](C)NC(=O)c2c(C(F)(F)CO[Si](C)(C)C(C)(C)C)nn3c2NCC3)cc1. The van der Waals surface area contributed by atoms with E-state index in [4.69, 9.17) is 4.43 Å². The third-order valence-corrected chi connectivity index (χ3v) is 11.0. The van der Waals surface area contributed by atoms with Gasteiger partial charge in [-0.1, -0.05) is 50.6 Å². The Morgan fingerprint density at radius 1 is 1.28 bits per heavy atom. The lowest BCUT2D eigenvalue weighted by molar-refractivity contribution is -0.0554. The average Bonchev–Trinajstić information content (AvgIpc) is 3.27. The molecule has 0 spiro atoms. The number of carbonyl (C=O) groups is 1. The van der Waals surface area contributed by atoms with Gasteiger partial charge in [0.2, 0.25) is 0 Å². The minimum atomic E-state index is -3.39. The standard InChI is InChI=1S/C23H34F2N4O2Si/c1-15-8-10-17(11-9-15)16(2)27-21(30)18-19(28-29-13-12-26-20(18)29)23(24,25)14-31-32(6,7)22(3,4)5/h8-11,16,26H,12-14H2,1-7H3,(H,27,30)/t16-/m0/s1. The van der Waals surface area contributed by atoms with Crippen LogP contribution in [0.2, 0.25) is 18.1 Å². The number of carbonyl (C=O) groups excluding carboxylic acids is 1. The number of anilines is 1. The van der Waals surface area contributed by atoms with Crippen molar-refractivity contribution >= 4 is 20.0 Å². The Morgan fingerprint density at radius 2 is 1.91 bits per heavy atom. The van der Waals surface area contributed by atoms with E-state index in [9.17, 15) is 4.79 Å². The molecule has 1 aliphatic rings. The van der Waals surface area contributed by atoms with Crippen molar-refractivity contribution in [2.45, 2.75) is 71.3 Å². The van der Waals surface area contributed by atoms with E-state index >= 15 is 8.78 Å². The highest BCUT2D eigenvalue weighted by atomic mass is 28.4. The zero-order valence-electron chi connectivity index (χ0n) is 20.0. The summed E-state index contributed by atoms with van der Waals surface area (Å²) in [6, 6.07) is 7.40. The fraction of sp³-hybridized carbons (Fsp3) is 0.565. The van der Waals surface area contributed by atoms with Gasteiger partial charge in [-0.15, -0.1) is 0 Å². The van der Waals surface area contributed by atoms with Crippen LogP contribution in [0.15, 0.2) is 24.3 Å². The molecule has 1 amide bonds. The van der Waals surface area contributed by atoms with E-state index in [1.807, 2.05) is 72.0 Å². The van der Waals surface area contributed by atoms with Crippen molar-refractivity contribution in [3.05, 3.63) is 46.6 Å². The fourth-order valence-corrected chi connectivity index (χ4v) is 4.29. The van der Waals surface area contributed by atoms with Crippen LogP contribution < -0.4 is 10.6 Å². The van der Waals surface area contributed by atoms with E-state index in [1.165, 1.54) is 4.68 Å². The van der Waals surface area contributed by atoms with Crippen molar-refractivity contribution in [1.82, 2.24) is 15.1 Å². The van der Waals surface area contributed by atoms with Crippen molar-refractivity contribution < 1.29 is 18.0 Å². The molecule has 1 aromatic heterocycles. The van der Waals surface area contributed by atoms with Crippen molar-refractivity contribution in [3.63, 3.8) is 0 Å². The predicted octanol–water partition coefficient (Wildman–Crippen LogP) is 5.22. The summed E-state index contributed by atoms with van der Waals surface area (Å²) in [6.07, 6.45) is 0. The van der Waals surface area contributed by atoms with Gasteiger partial charge in [-0.3, -0.25) is 4.79 Å². The quantitative estimate of drug-likeness (QED) is 0.551. The molecule has 1 aromatic carbocycles. The van der Waals surface area contributed by atoms with E-state index in [0.29, 0.717) is 18.9 Å². The number of rotatable bonds is 7. The number of nitrogens with zero attached hydrogens (tertiary/aromatic N) is 2. The number of aryl methyl sites for hydroxylation is 1. The van der Waals surface area contributed by atoms with E-state index in [0.717, 1.165) is 11.1 Å². The summed E-state index contributed by atoms with van der Waals surface area (Å²) in [6.45, 7) is 13.8. The van der Waals surface area contributed by atoms with E-state index in [1.54, 1.807) is 0 Å². The minimum absolute atomic E-state index is 0.106. The summed E-state index contributed by atoms with van der Waals surface area (Å²) in [5, 5.41) is 9.81. The first-order chi connectivity index (χ1) is 14.7.